The summed E-state index contributed by atoms with van der Waals surface area (Å²) in [5, 5.41) is 2.97. The zero-order valence-electron chi connectivity index (χ0n) is 9.76. The normalized spacial score (nSPS) is 12.4. The van der Waals surface area contributed by atoms with Gasteiger partial charge in [0.1, 0.15) is 11.5 Å². The Morgan fingerprint density at radius 1 is 1.18 bits per heavy atom. The van der Waals surface area contributed by atoms with Crippen LogP contribution in [0.25, 0.3) is 0 Å². The molecule has 1 aromatic carbocycles. The van der Waals surface area contributed by atoms with Crippen LogP contribution in [0, 0.1) is 0 Å². The van der Waals surface area contributed by atoms with Gasteiger partial charge in [0.15, 0.2) is 0 Å². The maximum absolute atomic E-state index is 12.4. The van der Waals surface area contributed by atoms with E-state index in [1.807, 2.05) is 0 Å². The second-order valence-electron chi connectivity index (χ2n) is 3.45. The van der Waals surface area contributed by atoms with Gasteiger partial charge in [-0.3, -0.25) is 0 Å². The Labute approximate surface area is 104 Å². The lowest BCUT2D eigenvalue weighted by Gasteiger charge is -2.18. The zero-order valence-corrected chi connectivity index (χ0v) is 10.5. The van der Waals surface area contributed by atoms with Crippen molar-refractivity contribution in [2.75, 3.05) is 19.5 Å². The van der Waals surface area contributed by atoms with Gasteiger partial charge in [0.25, 0.3) is 6.43 Å². The van der Waals surface area contributed by atoms with Crippen molar-refractivity contribution in [1.29, 1.82) is 0 Å². The molecule has 0 aliphatic rings. The molecular weight excluding hydrogens is 252 g/mol. The number of anilines is 1. The molecule has 17 heavy (non-hydrogen) atoms. The van der Waals surface area contributed by atoms with E-state index in [0.29, 0.717) is 22.2 Å². The van der Waals surface area contributed by atoms with Crippen LogP contribution < -0.4 is 14.8 Å². The first-order valence-corrected chi connectivity index (χ1v) is 5.33. The summed E-state index contributed by atoms with van der Waals surface area (Å²) in [5.74, 6) is 0.831. The lowest BCUT2D eigenvalue weighted by Crippen LogP contribution is -2.24. The molecule has 6 heteroatoms. The number of alkyl halides is 2. The lowest BCUT2D eigenvalue weighted by molar-refractivity contribution is 0.130. The summed E-state index contributed by atoms with van der Waals surface area (Å²) in [6, 6.07) is 2.05. The molecule has 1 aromatic rings. The van der Waals surface area contributed by atoms with Gasteiger partial charge >= 0.3 is 0 Å². The number of hydrogen-bond donors (Lipinski definition) is 1. The fourth-order valence-corrected chi connectivity index (χ4v) is 1.52. The van der Waals surface area contributed by atoms with Crippen LogP contribution in [0.3, 0.4) is 0 Å². The van der Waals surface area contributed by atoms with Gasteiger partial charge in [-0.2, -0.15) is 0 Å². The average molecular weight is 266 g/mol. The van der Waals surface area contributed by atoms with E-state index in [1.165, 1.54) is 27.2 Å². The first kappa shape index (κ1) is 13.8. The summed E-state index contributed by atoms with van der Waals surface area (Å²) in [6.45, 7) is 1.38. The molecule has 0 fully saturated rings. The Bertz CT molecular complexity index is 388. The third kappa shape index (κ3) is 3.36. The second kappa shape index (κ2) is 5.91. The topological polar surface area (TPSA) is 30.5 Å². The van der Waals surface area contributed by atoms with Crippen molar-refractivity contribution in [3.05, 3.63) is 17.2 Å². The van der Waals surface area contributed by atoms with Crippen molar-refractivity contribution in [3.63, 3.8) is 0 Å². The molecule has 3 nitrogen and oxygen atoms in total. The quantitative estimate of drug-likeness (QED) is 0.885. The molecule has 0 aliphatic carbocycles. The predicted molar refractivity (Wildman–Crippen MR) is 63.6 cm³/mol. The van der Waals surface area contributed by atoms with Crippen molar-refractivity contribution in [3.8, 4) is 11.5 Å². The van der Waals surface area contributed by atoms with Crippen LogP contribution in [0.5, 0.6) is 11.5 Å². The van der Waals surface area contributed by atoms with Gasteiger partial charge in [-0.15, -0.1) is 0 Å². The van der Waals surface area contributed by atoms with E-state index in [1.54, 1.807) is 6.07 Å². The number of rotatable bonds is 5. The van der Waals surface area contributed by atoms with Gasteiger partial charge in [0.05, 0.1) is 31.0 Å². The van der Waals surface area contributed by atoms with Gasteiger partial charge in [-0.25, -0.2) is 8.78 Å². The fourth-order valence-electron chi connectivity index (χ4n) is 1.28. The lowest BCUT2D eigenvalue weighted by atomic mass is 10.2. The number of ether oxygens (including phenoxy) is 2. The summed E-state index contributed by atoms with van der Waals surface area (Å²) in [7, 11) is 2.91. The SMILES string of the molecule is COc1cc(OC)c(NC(C)C(F)F)cc1Cl. The molecule has 1 unspecified atom stereocenters. The predicted octanol–water partition coefficient (Wildman–Crippen LogP) is 3.42. The van der Waals surface area contributed by atoms with E-state index < -0.39 is 12.5 Å². The van der Waals surface area contributed by atoms with Crippen LogP contribution in [-0.2, 0) is 0 Å². The van der Waals surface area contributed by atoms with Crippen molar-refractivity contribution >= 4 is 17.3 Å². The Balaban J connectivity index is 3.02. The van der Waals surface area contributed by atoms with Gasteiger partial charge in [-0.05, 0) is 13.0 Å². The Kier molecular flexibility index (Phi) is 4.81. The molecule has 0 saturated carbocycles. The van der Waals surface area contributed by atoms with Crippen LogP contribution in [0.15, 0.2) is 12.1 Å². The number of hydrogen-bond acceptors (Lipinski definition) is 3. The number of nitrogens with one attached hydrogen (secondary N) is 1. The van der Waals surface area contributed by atoms with Crippen LogP contribution in [0.2, 0.25) is 5.02 Å². The van der Waals surface area contributed by atoms with E-state index in [-0.39, 0.29) is 0 Å². The number of halogens is 3. The first-order chi connectivity index (χ1) is 7.99. The minimum absolute atomic E-state index is 0.331. The number of benzene rings is 1. The molecule has 0 radical (unpaired) electrons. The summed E-state index contributed by atoms with van der Waals surface area (Å²) < 4.78 is 35.0. The minimum atomic E-state index is -2.47. The van der Waals surface area contributed by atoms with Gasteiger partial charge in [0, 0.05) is 6.07 Å². The number of methoxy groups -OCH3 is 2. The molecule has 0 heterocycles. The third-order valence-corrected chi connectivity index (χ3v) is 2.53. The van der Waals surface area contributed by atoms with Gasteiger partial charge in [0.2, 0.25) is 0 Å². The van der Waals surface area contributed by atoms with Gasteiger partial charge < -0.3 is 14.8 Å². The van der Waals surface area contributed by atoms with E-state index in [0.717, 1.165) is 0 Å². The zero-order chi connectivity index (χ0) is 13.0. The monoisotopic (exact) mass is 265 g/mol. The summed E-state index contributed by atoms with van der Waals surface area (Å²) in [4.78, 5) is 0. The fraction of sp³-hybridized carbons (Fsp3) is 0.455. The van der Waals surface area contributed by atoms with Crippen LogP contribution in [0.1, 0.15) is 6.92 Å². The molecule has 0 spiro atoms. The molecule has 0 bridgehead atoms. The molecule has 96 valence electrons. The highest BCUT2D eigenvalue weighted by atomic mass is 35.5. The second-order valence-corrected chi connectivity index (χ2v) is 3.86. The maximum Gasteiger partial charge on any atom is 0.258 e. The summed E-state index contributed by atoms with van der Waals surface area (Å²) in [5.41, 5.74) is 0.408. The molecule has 0 saturated heterocycles. The highest BCUT2D eigenvalue weighted by Gasteiger charge is 2.17. The molecule has 1 N–H and O–H groups in total. The highest BCUT2D eigenvalue weighted by Crippen LogP contribution is 2.36. The van der Waals surface area contributed by atoms with Crippen LogP contribution in [0.4, 0.5) is 14.5 Å². The summed E-state index contributed by atoms with van der Waals surface area (Å²) >= 11 is 5.91. The van der Waals surface area contributed by atoms with Crippen molar-refractivity contribution < 1.29 is 18.3 Å². The standard InChI is InChI=1S/C11H14ClF2NO2/c1-6(11(13)14)15-8-4-7(12)9(16-2)5-10(8)17-3/h4-6,11,15H,1-3H3. The Hall–Kier alpha value is -1.23. The van der Waals surface area contributed by atoms with E-state index in [2.05, 4.69) is 5.32 Å². The Morgan fingerprint density at radius 3 is 2.24 bits per heavy atom. The highest BCUT2D eigenvalue weighted by molar-refractivity contribution is 6.32. The van der Waals surface area contributed by atoms with E-state index >= 15 is 0 Å². The van der Waals surface area contributed by atoms with Gasteiger partial charge in [-0.1, -0.05) is 11.6 Å². The first-order valence-electron chi connectivity index (χ1n) is 4.95. The molecule has 1 rings (SSSR count). The summed E-state index contributed by atoms with van der Waals surface area (Å²) in [6.07, 6.45) is -2.47. The minimum Gasteiger partial charge on any atom is -0.495 e. The largest absolute Gasteiger partial charge is 0.495 e. The Morgan fingerprint density at radius 2 is 1.76 bits per heavy atom. The molecule has 1 atom stereocenters. The third-order valence-electron chi connectivity index (χ3n) is 2.24. The van der Waals surface area contributed by atoms with Crippen molar-refractivity contribution in [1.82, 2.24) is 0 Å². The molecule has 0 amide bonds. The maximum atomic E-state index is 12.4. The van der Waals surface area contributed by atoms with E-state index in [4.69, 9.17) is 21.1 Å². The van der Waals surface area contributed by atoms with E-state index in [9.17, 15) is 8.78 Å². The van der Waals surface area contributed by atoms with Crippen molar-refractivity contribution in [2.45, 2.75) is 19.4 Å². The van der Waals surface area contributed by atoms with Crippen LogP contribution >= 0.6 is 11.6 Å². The molecular formula is C11H14ClF2NO2. The molecule has 0 aliphatic heterocycles. The van der Waals surface area contributed by atoms with Crippen LogP contribution in [-0.4, -0.2) is 26.7 Å². The molecule has 0 aromatic heterocycles. The average Bonchev–Trinajstić information content (AvgIpc) is 2.29. The van der Waals surface area contributed by atoms with Crippen molar-refractivity contribution in [2.24, 2.45) is 0 Å². The smallest absolute Gasteiger partial charge is 0.258 e.